The smallest absolute Gasteiger partial charge is 0.261 e. The van der Waals surface area contributed by atoms with Crippen molar-refractivity contribution < 1.29 is 9.18 Å². The lowest BCUT2D eigenvalue weighted by Gasteiger charge is -2.15. The van der Waals surface area contributed by atoms with E-state index < -0.39 is 11.6 Å². The Morgan fingerprint density at radius 1 is 1.53 bits per heavy atom. The molecule has 0 unspecified atom stereocenters. The van der Waals surface area contributed by atoms with Crippen LogP contribution in [0, 0.1) is 0 Å². The molecule has 0 heterocycles. The van der Waals surface area contributed by atoms with Gasteiger partial charge in [0.15, 0.2) is 5.67 Å². The fourth-order valence-electron chi connectivity index (χ4n) is 0.871. The lowest BCUT2D eigenvalue weighted by Crippen LogP contribution is -2.32. The molecule has 0 bridgehead atoms. The van der Waals surface area contributed by atoms with Crippen molar-refractivity contribution in [1.29, 1.82) is 0 Å². The molecule has 2 nitrogen and oxygen atoms in total. The molecular formula is C10H10BrClFNO. The Morgan fingerprint density at radius 2 is 2.13 bits per heavy atom. The normalized spacial score (nSPS) is 11.3. The Balaban J connectivity index is 2.91. The summed E-state index contributed by atoms with van der Waals surface area (Å²) < 4.78 is 13.8. The standard InChI is InChI=1S/C10H10BrClFNO/c1-10(2,13)9(15)14-7-5-3-4-6(12)8(7)11/h3-5H,1-2H3,(H,14,15). The number of carbonyl (C=O) groups is 1. The van der Waals surface area contributed by atoms with Gasteiger partial charge in [0, 0.05) is 0 Å². The maximum atomic E-state index is 13.2. The fraction of sp³-hybridized carbons (Fsp3) is 0.300. The van der Waals surface area contributed by atoms with E-state index in [2.05, 4.69) is 21.2 Å². The number of alkyl halides is 1. The highest BCUT2D eigenvalue weighted by Gasteiger charge is 2.27. The van der Waals surface area contributed by atoms with Gasteiger partial charge in [0.2, 0.25) is 0 Å². The first kappa shape index (κ1) is 12.5. The number of nitrogens with one attached hydrogen (secondary N) is 1. The van der Waals surface area contributed by atoms with Gasteiger partial charge in [-0.3, -0.25) is 4.79 Å². The van der Waals surface area contributed by atoms with Gasteiger partial charge in [-0.15, -0.1) is 0 Å². The number of carbonyl (C=O) groups excluding carboxylic acids is 1. The van der Waals surface area contributed by atoms with E-state index in [-0.39, 0.29) is 0 Å². The van der Waals surface area contributed by atoms with Crippen molar-refractivity contribution in [1.82, 2.24) is 0 Å². The van der Waals surface area contributed by atoms with Gasteiger partial charge in [-0.25, -0.2) is 4.39 Å². The molecule has 1 aromatic carbocycles. The molecule has 0 aromatic heterocycles. The van der Waals surface area contributed by atoms with Gasteiger partial charge in [0.1, 0.15) is 0 Å². The maximum absolute atomic E-state index is 13.2. The van der Waals surface area contributed by atoms with E-state index in [1.165, 1.54) is 13.8 Å². The lowest BCUT2D eigenvalue weighted by atomic mass is 10.1. The van der Waals surface area contributed by atoms with Crippen molar-refractivity contribution in [2.24, 2.45) is 0 Å². The summed E-state index contributed by atoms with van der Waals surface area (Å²) in [4.78, 5) is 11.3. The Morgan fingerprint density at radius 3 is 2.67 bits per heavy atom. The van der Waals surface area contributed by atoms with Crippen LogP contribution in [0.2, 0.25) is 5.02 Å². The highest BCUT2D eigenvalue weighted by Crippen LogP contribution is 2.30. The third-order valence-corrected chi connectivity index (χ3v) is 3.14. The van der Waals surface area contributed by atoms with E-state index >= 15 is 0 Å². The van der Waals surface area contributed by atoms with Crippen molar-refractivity contribution in [3.63, 3.8) is 0 Å². The molecule has 0 aliphatic heterocycles. The molecule has 0 aliphatic carbocycles. The minimum Gasteiger partial charge on any atom is -0.322 e. The van der Waals surface area contributed by atoms with E-state index in [1.807, 2.05) is 0 Å². The molecule has 1 aromatic rings. The van der Waals surface area contributed by atoms with Crippen LogP contribution in [0.1, 0.15) is 13.8 Å². The number of benzene rings is 1. The van der Waals surface area contributed by atoms with Gasteiger partial charge in [-0.2, -0.15) is 0 Å². The molecule has 0 saturated heterocycles. The third kappa shape index (κ3) is 3.18. The van der Waals surface area contributed by atoms with Crippen LogP contribution in [0.5, 0.6) is 0 Å². The third-order valence-electron chi connectivity index (χ3n) is 1.74. The van der Waals surface area contributed by atoms with Gasteiger partial charge in [-0.05, 0) is 41.9 Å². The van der Waals surface area contributed by atoms with Gasteiger partial charge in [-0.1, -0.05) is 17.7 Å². The second kappa shape index (κ2) is 4.49. The van der Waals surface area contributed by atoms with Crippen LogP contribution < -0.4 is 5.32 Å². The van der Waals surface area contributed by atoms with Crippen LogP contribution in [0.15, 0.2) is 22.7 Å². The summed E-state index contributed by atoms with van der Waals surface area (Å²) >= 11 is 9.03. The Hall–Kier alpha value is -0.610. The van der Waals surface area contributed by atoms with E-state index in [4.69, 9.17) is 11.6 Å². The first-order valence-corrected chi connectivity index (χ1v) is 5.44. The quantitative estimate of drug-likeness (QED) is 0.883. The van der Waals surface area contributed by atoms with Crippen LogP contribution in [0.25, 0.3) is 0 Å². The summed E-state index contributed by atoms with van der Waals surface area (Å²) in [5.41, 5.74) is -1.46. The molecule has 5 heteroatoms. The highest BCUT2D eigenvalue weighted by molar-refractivity contribution is 9.10. The van der Waals surface area contributed by atoms with Crippen molar-refractivity contribution in [3.05, 3.63) is 27.7 Å². The summed E-state index contributed by atoms with van der Waals surface area (Å²) in [6.45, 7) is 2.39. The van der Waals surface area contributed by atoms with Gasteiger partial charge < -0.3 is 5.32 Å². The predicted octanol–water partition coefficient (Wildman–Crippen LogP) is 3.79. The average Bonchev–Trinajstić information content (AvgIpc) is 2.11. The SMILES string of the molecule is CC(C)(F)C(=O)Nc1cccc(Cl)c1Br. The van der Waals surface area contributed by atoms with Crippen molar-refractivity contribution in [3.8, 4) is 0 Å². The van der Waals surface area contributed by atoms with Crippen molar-refractivity contribution >= 4 is 39.1 Å². The number of rotatable bonds is 2. The van der Waals surface area contributed by atoms with Gasteiger partial charge in [0.25, 0.3) is 5.91 Å². The molecule has 0 aliphatic rings. The highest BCUT2D eigenvalue weighted by atomic mass is 79.9. The van der Waals surface area contributed by atoms with E-state index in [1.54, 1.807) is 18.2 Å². The molecule has 82 valence electrons. The van der Waals surface area contributed by atoms with E-state index in [9.17, 15) is 9.18 Å². The maximum Gasteiger partial charge on any atom is 0.261 e. The molecule has 0 radical (unpaired) electrons. The summed E-state index contributed by atoms with van der Waals surface area (Å²) in [7, 11) is 0. The van der Waals surface area contributed by atoms with Crippen LogP contribution in [-0.2, 0) is 4.79 Å². The molecule has 0 saturated carbocycles. The summed E-state index contributed by atoms with van der Waals surface area (Å²) in [6.07, 6.45) is 0. The molecule has 15 heavy (non-hydrogen) atoms. The molecule has 1 N–H and O–H groups in total. The van der Waals surface area contributed by atoms with Crippen LogP contribution in [0.4, 0.5) is 10.1 Å². The Labute approximate surface area is 101 Å². The second-order valence-electron chi connectivity index (χ2n) is 3.53. The summed E-state index contributed by atoms with van der Waals surface area (Å²) in [5.74, 6) is -0.703. The topological polar surface area (TPSA) is 29.1 Å². The average molecular weight is 295 g/mol. The first-order chi connectivity index (χ1) is 6.82. The van der Waals surface area contributed by atoms with Gasteiger partial charge in [0.05, 0.1) is 15.2 Å². The molecule has 0 atom stereocenters. The van der Waals surface area contributed by atoms with E-state index in [0.717, 1.165) is 0 Å². The number of amides is 1. The lowest BCUT2D eigenvalue weighted by molar-refractivity contribution is -0.125. The van der Waals surface area contributed by atoms with E-state index in [0.29, 0.717) is 15.2 Å². The number of anilines is 1. The predicted molar refractivity (Wildman–Crippen MR) is 63.0 cm³/mol. The number of hydrogen-bond donors (Lipinski definition) is 1. The first-order valence-electron chi connectivity index (χ1n) is 4.27. The zero-order chi connectivity index (χ0) is 11.6. The zero-order valence-corrected chi connectivity index (χ0v) is 10.6. The molecule has 0 spiro atoms. The summed E-state index contributed by atoms with van der Waals surface area (Å²) in [5, 5.41) is 2.91. The van der Waals surface area contributed by atoms with Crippen LogP contribution in [-0.4, -0.2) is 11.6 Å². The number of hydrogen-bond acceptors (Lipinski definition) is 1. The monoisotopic (exact) mass is 293 g/mol. The Kier molecular flexibility index (Phi) is 3.73. The zero-order valence-electron chi connectivity index (χ0n) is 8.27. The minimum atomic E-state index is -1.91. The molecule has 1 amide bonds. The van der Waals surface area contributed by atoms with Crippen LogP contribution in [0.3, 0.4) is 0 Å². The van der Waals surface area contributed by atoms with Crippen molar-refractivity contribution in [2.45, 2.75) is 19.5 Å². The molecular weight excluding hydrogens is 284 g/mol. The second-order valence-corrected chi connectivity index (χ2v) is 4.73. The largest absolute Gasteiger partial charge is 0.322 e. The van der Waals surface area contributed by atoms with Crippen molar-refractivity contribution in [2.75, 3.05) is 5.32 Å². The molecule has 1 rings (SSSR count). The Bertz CT molecular complexity index is 389. The number of halogens is 3. The minimum absolute atomic E-state index is 0.457. The fourth-order valence-corrected chi connectivity index (χ4v) is 1.41. The molecule has 0 fully saturated rings. The summed E-state index contributed by atoms with van der Waals surface area (Å²) in [6, 6.07) is 4.98. The van der Waals surface area contributed by atoms with Crippen LogP contribution >= 0.6 is 27.5 Å². The van der Waals surface area contributed by atoms with Gasteiger partial charge >= 0.3 is 0 Å².